The van der Waals surface area contributed by atoms with E-state index in [1.807, 2.05) is 11.3 Å². The van der Waals surface area contributed by atoms with E-state index in [0.717, 1.165) is 17.1 Å². The van der Waals surface area contributed by atoms with Crippen LogP contribution in [-0.4, -0.2) is 0 Å². The highest BCUT2D eigenvalue weighted by Crippen LogP contribution is 2.44. The zero-order valence-electron chi connectivity index (χ0n) is 30.6. The number of hydrogen-bond donors (Lipinski definition) is 0. The first kappa shape index (κ1) is 32.4. The topological polar surface area (TPSA) is 3.24 Å². The molecule has 0 saturated heterocycles. The van der Waals surface area contributed by atoms with Crippen molar-refractivity contribution in [1.82, 2.24) is 0 Å². The Bertz CT molecular complexity index is 3230. The molecule has 0 aliphatic carbocycles. The van der Waals surface area contributed by atoms with Crippen molar-refractivity contribution in [3.05, 3.63) is 212 Å². The van der Waals surface area contributed by atoms with Crippen molar-refractivity contribution in [3.63, 3.8) is 0 Å². The lowest BCUT2D eigenvalue weighted by atomic mass is 9.90. The van der Waals surface area contributed by atoms with Crippen molar-refractivity contribution in [2.45, 2.75) is 0 Å². The van der Waals surface area contributed by atoms with Gasteiger partial charge in [0, 0.05) is 37.2 Å². The molecule has 0 aliphatic rings. The van der Waals surface area contributed by atoms with Gasteiger partial charge < -0.3 is 4.90 Å². The van der Waals surface area contributed by atoms with Gasteiger partial charge in [0.1, 0.15) is 0 Å². The molecule has 10 aromatic carbocycles. The fourth-order valence-electron chi connectivity index (χ4n) is 8.62. The van der Waals surface area contributed by atoms with E-state index in [-0.39, 0.29) is 0 Å². The Morgan fingerprint density at radius 3 is 1.68 bits per heavy atom. The van der Waals surface area contributed by atoms with Crippen LogP contribution in [0.2, 0.25) is 0 Å². The molecule has 0 amide bonds. The Kier molecular flexibility index (Phi) is 7.75. The Labute approximate surface area is 330 Å². The van der Waals surface area contributed by atoms with Gasteiger partial charge in [-0.25, -0.2) is 0 Å². The predicted molar refractivity (Wildman–Crippen MR) is 243 cm³/mol. The maximum Gasteiger partial charge on any atom is 0.0467 e. The third-order valence-corrected chi connectivity index (χ3v) is 12.4. The number of rotatable bonds is 6. The monoisotopic (exact) mass is 729 g/mol. The van der Waals surface area contributed by atoms with Crippen molar-refractivity contribution in [3.8, 4) is 33.4 Å². The summed E-state index contributed by atoms with van der Waals surface area (Å²) in [5, 5.41) is 10.3. The molecule has 0 bridgehead atoms. The second-order valence-electron chi connectivity index (χ2n) is 14.5. The summed E-state index contributed by atoms with van der Waals surface area (Å²) < 4.78 is 2.63. The van der Waals surface area contributed by atoms with Gasteiger partial charge in [-0.3, -0.25) is 0 Å². The number of benzene rings is 10. The van der Waals surface area contributed by atoms with Crippen molar-refractivity contribution < 1.29 is 0 Å². The van der Waals surface area contributed by atoms with Crippen LogP contribution in [0.3, 0.4) is 0 Å². The third-order valence-electron chi connectivity index (χ3n) is 11.2. The van der Waals surface area contributed by atoms with Gasteiger partial charge in [0.2, 0.25) is 0 Å². The van der Waals surface area contributed by atoms with Crippen molar-refractivity contribution in [2.75, 3.05) is 4.90 Å². The molecular weight excluding hydrogens is 695 g/mol. The maximum absolute atomic E-state index is 2.39. The molecule has 2 heteroatoms. The summed E-state index contributed by atoms with van der Waals surface area (Å²) in [4.78, 5) is 2.39. The predicted octanol–water partition coefficient (Wildman–Crippen LogP) is 16.0. The smallest absolute Gasteiger partial charge is 0.0467 e. The number of nitrogens with zero attached hydrogens (tertiary/aromatic N) is 1. The zero-order valence-corrected chi connectivity index (χ0v) is 31.4. The average Bonchev–Trinajstić information content (AvgIpc) is 3.66. The third kappa shape index (κ3) is 5.46. The van der Waals surface area contributed by atoms with Crippen LogP contribution >= 0.6 is 11.3 Å². The van der Waals surface area contributed by atoms with Crippen LogP contribution < -0.4 is 4.90 Å². The lowest BCUT2D eigenvalue weighted by molar-refractivity contribution is 1.28. The summed E-state index contributed by atoms with van der Waals surface area (Å²) in [6.45, 7) is 0. The number of fused-ring (bicyclic) bond motifs is 8. The van der Waals surface area contributed by atoms with Gasteiger partial charge in [-0.2, -0.15) is 0 Å². The molecule has 11 rings (SSSR count). The minimum Gasteiger partial charge on any atom is -0.310 e. The van der Waals surface area contributed by atoms with E-state index < -0.39 is 0 Å². The summed E-state index contributed by atoms with van der Waals surface area (Å²) in [5.41, 5.74) is 10.6. The first-order valence-electron chi connectivity index (χ1n) is 19.2. The SMILES string of the molecule is c1ccc(-c2ccc(N(c3ccc(-c4cc5ccc6ccccc6c5c5ccccc45)cc3)c3cccc(-c4cccc5sc6ccccc6c45)c3)cc2)cc1. The van der Waals surface area contributed by atoms with Crippen LogP contribution in [0.1, 0.15) is 0 Å². The molecular formula is C54H35NS. The molecule has 56 heavy (non-hydrogen) atoms. The van der Waals surface area contributed by atoms with E-state index in [9.17, 15) is 0 Å². The lowest BCUT2D eigenvalue weighted by Gasteiger charge is -2.26. The minimum atomic E-state index is 1.11. The van der Waals surface area contributed by atoms with Gasteiger partial charge in [-0.15, -0.1) is 11.3 Å². The van der Waals surface area contributed by atoms with E-state index >= 15 is 0 Å². The Balaban J connectivity index is 1.05. The van der Waals surface area contributed by atoms with Crippen LogP contribution in [0.25, 0.3) is 85.9 Å². The second kappa shape index (κ2) is 13.4. The largest absolute Gasteiger partial charge is 0.310 e. The van der Waals surface area contributed by atoms with Crippen molar-refractivity contribution >= 4 is 80.9 Å². The van der Waals surface area contributed by atoms with Crippen LogP contribution in [0.5, 0.6) is 0 Å². The first-order chi connectivity index (χ1) is 27.8. The van der Waals surface area contributed by atoms with Crippen LogP contribution in [0.15, 0.2) is 212 Å². The average molecular weight is 730 g/mol. The molecule has 1 aromatic heterocycles. The number of thiophene rings is 1. The molecule has 0 fully saturated rings. The molecule has 1 heterocycles. The highest BCUT2D eigenvalue weighted by atomic mass is 32.1. The van der Waals surface area contributed by atoms with Gasteiger partial charge in [0.25, 0.3) is 0 Å². The quantitative estimate of drug-likeness (QED) is 0.154. The van der Waals surface area contributed by atoms with E-state index in [1.54, 1.807) is 0 Å². The van der Waals surface area contributed by atoms with Crippen LogP contribution in [0.4, 0.5) is 17.1 Å². The number of anilines is 3. The first-order valence-corrected chi connectivity index (χ1v) is 20.0. The highest BCUT2D eigenvalue weighted by Gasteiger charge is 2.17. The normalized spacial score (nSPS) is 11.6. The molecule has 11 aromatic rings. The molecule has 0 spiro atoms. The van der Waals surface area contributed by atoms with Crippen LogP contribution in [0, 0.1) is 0 Å². The molecule has 1 nitrogen and oxygen atoms in total. The molecule has 262 valence electrons. The maximum atomic E-state index is 2.39. The Morgan fingerprint density at radius 2 is 0.875 bits per heavy atom. The number of hydrogen-bond acceptors (Lipinski definition) is 2. The van der Waals surface area contributed by atoms with E-state index in [0.29, 0.717) is 0 Å². The standard InChI is InChI=1S/C54H35NS/c1-2-12-36(13-3-1)37-26-30-42(31-27-37)55(44-16-10-15-40(34-44)46-21-11-23-52-54(46)49-20-8-9-22-51(49)56-52)43-32-28-39(29-33-43)50-35-41-25-24-38-14-4-5-17-45(38)53(41)48-19-7-6-18-47(48)50/h1-35H. The van der Waals surface area contributed by atoms with Gasteiger partial charge in [0.05, 0.1) is 0 Å². The summed E-state index contributed by atoms with van der Waals surface area (Å²) in [7, 11) is 0. The molecule has 0 saturated carbocycles. The highest BCUT2D eigenvalue weighted by molar-refractivity contribution is 7.25. The van der Waals surface area contributed by atoms with E-state index in [1.165, 1.54) is 85.9 Å². The van der Waals surface area contributed by atoms with E-state index in [2.05, 4.69) is 217 Å². The fourth-order valence-corrected chi connectivity index (χ4v) is 9.75. The fraction of sp³-hybridized carbons (Fsp3) is 0. The minimum absolute atomic E-state index is 1.11. The van der Waals surface area contributed by atoms with Gasteiger partial charge >= 0.3 is 0 Å². The molecule has 0 atom stereocenters. The lowest BCUT2D eigenvalue weighted by Crippen LogP contribution is -2.10. The van der Waals surface area contributed by atoms with Crippen molar-refractivity contribution in [1.29, 1.82) is 0 Å². The summed E-state index contributed by atoms with van der Waals surface area (Å²) in [6, 6.07) is 77.7. The van der Waals surface area contributed by atoms with Crippen LogP contribution in [-0.2, 0) is 0 Å². The van der Waals surface area contributed by atoms with Crippen molar-refractivity contribution in [2.24, 2.45) is 0 Å². The summed E-state index contributed by atoms with van der Waals surface area (Å²) in [6.07, 6.45) is 0. The Morgan fingerprint density at radius 1 is 0.286 bits per heavy atom. The Hall–Kier alpha value is -7.00. The molecule has 0 N–H and O–H groups in total. The zero-order chi connectivity index (χ0) is 37.0. The molecule has 0 aliphatic heterocycles. The second-order valence-corrected chi connectivity index (χ2v) is 15.6. The summed E-state index contributed by atoms with van der Waals surface area (Å²) in [5.74, 6) is 0. The summed E-state index contributed by atoms with van der Waals surface area (Å²) >= 11 is 1.86. The van der Waals surface area contributed by atoms with Gasteiger partial charge in [-0.05, 0) is 120 Å². The molecule has 0 radical (unpaired) electrons. The van der Waals surface area contributed by atoms with Gasteiger partial charge in [-0.1, -0.05) is 158 Å². The molecule has 0 unspecified atom stereocenters. The van der Waals surface area contributed by atoms with Gasteiger partial charge in [0.15, 0.2) is 0 Å². The van der Waals surface area contributed by atoms with E-state index in [4.69, 9.17) is 0 Å².